The molecule has 1 aromatic rings. The monoisotopic (exact) mass is 291 g/mol. The fourth-order valence-electron chi connectivity index (χ4n) is 3.31. The van der Waals surface area contributed by atoms with Crippen LogP contribution in [0.2, 0.25) is 0 Å². The lowest BCUT2D eigenvalue weighted by molar-refractivity contribution is -0.124. The van der Waals surface area contributed by atoms with E-state index >= 15 is 0 Å². The van der Waals surface area contributed by atoms with Crippen LogP contribution in [0.1, 0.15) is 50.0 Å². The number of rotatable bonds is 5. The number of halogens is 1. The molecule has 0 saturated heterocycles. The molecule has 21 heavy (non-hydrogen) atoms. The maximum atomic E-state index is 13.0. The molecule has 2 aliphatic rings. The number of aliphatic hydroxyl groups is 1. The van der Waals surface area contributed by atoms with Crippen molar-refractivity contribution >= 4 is 5.91 Å². The summed E-state index contributed by atoms with van der Waals surface area (Å²) in [6.07, 6.45) is 5.65. The predicted molar refractivity (Wildman–Crippen MR) is 78.3 cm³/mol. The molecule has 0 aromatic heterocycles. The van der Waals surface area contributed by atoms with Crippen LogP contribution in [0.4, 0.5) is 4.39 Å². The molecule has 0 spiro atoms. The Hall–Kier alpha value is -1.42. The van der Waals surface area contributed by atoms with Gasteiger partial charge < -0.3 is 10.4 Å². The smallest absolute Gasteiger partial charge is 0.227 e. The summed E-state index contributed by atoms with van der Waals surface area (Å²) in [5, 5.41) is 13.2. The number of hydrogen-bond acceptors (Lipinski definition) is 2. The summed E-state index contributed by atoms with van der Waals surface area (Å²) in [5.74, 6) is -0.178. The third-order valence-corrected chi connectivity index (χ3v) is 4.73. The number of amides is 1. The van der Waals surface area contributed by atoms with Gasteiger partial charge in [0, 0.05) is 6.54 Å². The molecule has 0 bridgehead atoms. The molecule has 2 aliphatic carbocycles. The second kappa shape index (κ2) is 5.76. The van der Waals surface area contributed by atoms with Gasteiger partial charge in [0.15, 0.2) is 0 Å². The molecule has 2 fully saturated rings. The second-order valence-electron chi connectivity index (χ2n) is 6.52. The highest BCUT2D eigenvalue weighted by Crippen LogP contribution is 2.43. The Labute approximate surface area is 124 Å². The summed E-state index contributed by atoms with van der Waals surface area (Å²) in [7, 11) is 0. The summed E-state index contributed by atoms with van der Waals surface area (Å²) in [6, 6.07) is 6.20. The van der Waals surface area contributed by atoms with Gasteiger partial charge in [0.2, 0.25) is 5.91 Å². The number of carbonyl (C=O) groups excluding carboxylic acids is 1. The van der Waals surface area contributed by atoms with E-state index in [2.05, 4.69) is 5.32 Å². The highest BCUT2D eigenvalue weighted by atomic mass is 19.1. The van der Waals surface area contributed by atoms with Crippen molar-refractivity contribution in [3.05, 3.63) is 35.6 Å². The molecule has 1 amide bonds. The largest absolute Gasteiger partial charge is 0.388 e. The quantitative estimate of drug-likeness (QED) is 0.876. The number of carbonyl (C=O) groups is 1. The van der Waals surface area contributed by atoms with E-state index in [0.29, 0.717) is 12.5 Å². The third-order valence-electron chi connectivity index (χ3n) is 4.73. The van der Waals surface area contributed by atoms with Gasteiger partial charge in [0.25, 0.3) is 0 Å². The topological polar surface area (TPSA) is 49.3 Å². The minimum atomic E-state index is -0.730. The average molecular weight is 291 g/mol. The van der Waals surface area contributed by atoms with Crippen molar-refractivity contribution in [1.82, 2.24) is 5.32 Å². The average Bonchev–Trinajstić information content (AvgIpc) is 3.21. The van der Waals surface area contributed by atoms with Crippen molar-refractivity contribution in [2.24, 2.45) is 5.92 Å². The number of benzene rings is 1. The molecule has 0 aliphatic heterocycles. The molecule has 4 heteroatoms. The van der Waals surface area contributed by atoms with Crippen LogP contribution in [-0.4, -0.2) is 23.2 Å². The summed E-state index contributed by atoms with van der Waals surface area (Å²) in [6.45, 7) is 0.330. The van der Waals surface area contributed by atoms with Crippen molar-refractivity contribution < 1.29 is 14.3 Å². The van der Waals surface area contributed by atoms with Crippen molar-refractivity contribution in [2.75, 3.05) is 6.54 Å². The van der Waals surface area contributed by atoms with Crippen LogP contribution in [0, 0.1) is 11.7 Å². The Bertz CT molecular complexity index is 504. The molecule has 2 N–H and O–H groups in total. The molecule has 0 radical (unpaired) electrons. The molecule has 3 nitrogen and oxygen atoms in total. The van der Waals surface area contributed by atoms with Gasteiger partial charge in [-0.25, -0.2) is 4.39 Å². The molecule has 1 unspecified atom stereocenters. The van der Waals surface area contributed by atoms with Gasteiger partial charge in [-0.15, -0.1) is 0 Å². The Morgan fingerprint density at radius 2 is 1.90 bits per heavy atom. The van der Waals surface area contributed by atoms with Gasteiger partial charge in [0.05, 0.1) is 11.5 Å². The van der Waals surface area contributed by atoms with E-state index in [0.717, 1.165) is 44.1 Å². The second-order valence-corrected chi connectivity index (χ2v) is 6.52. The Morgan fingerprint density at radius 3 is 2.48 bits per heavy atom. The molecular weight excluding hydrogens is 269 g/mol. The normalized spacial score (nSPS) is 22.0. The molecule has 114 valence electrons. The summed E-state index contributed by atoms with van der Waals surface area (Å²) in [5.41, 5.74) is 0.141. The lowest BCUT2D eigenvalue weighted by Crippen LogP contribution is -2.42. The van der Waals surface area contributed by atoms with Crippen molar-refractivity contribution in [3.8, 4) is 0 Å². The number of hydrogen-bond donors (Lipinski definition) is 2. The van der Waals surface area contributed by atoms with Crippen LogP contribution < -0.4 is 5.32 Å². The van der Waals surface area contributed by atoms with Crippen LogP contribution in [-0.2, 0) is 4.79 Å². The van der Waals surface area contributed by atoms with E-state index in [9.17, 15) is 14.3 Å². The predicted octanol–water partition coefficient (Wildman–Crippen LogP) is 2.74. The van der Waals surface area contributed by atoms with Gasteiger partial charge >= 0.3 is 0 Å². The van der Waals surface area contributed by atoms with E-state index in [1.807, 2.05) is 0 Å². The Balaban J connectivity index is 1.66. The highest BCUT2D eigenvalue weighted by Gasteiger charge is 2.38. The first-order valence-electron chi connectivity index (χ1n) is 7.83. The fourth-order valence-corrected chi connectivity index (χ4v) is 3.31. The molecular formula is C17H22FNO2. The van der Waals surface area contributed by atoms with Gasteiger partial charge in [0.1, 0.15) is 5.82 Å². The molecule has 2 saturated carbocycles. The zero-order chi connectivity index (χ0) is 14.9. The van der Waals surface area contributed by atoms with E-state index in [4.69, 9.17) is 0 Å². The maximum absolute atomic E-state index is 13.0. The van der Waals surface area contributed by atoms with Crippen molar-refractivity contribution in [2.45, 2.75) is 50.0 Å². The number of nitrogens with one attached hydrogen (secondary N) is 1. The van der Waals surface area contributed by atoms with Crippen LogP contribution in [0.15, 0.2) is 24.3 Å². The minimum Gasteiger partial charge on any atom is -0.388 e. The maximum Gasteiger partial charge on any atom is 0.227 e. The standard InChI is InChI=1S/C17H22FNO2/c18-14-7-5-13(6-8-14)15(12-3-4-12)16(20)19-11-17(21)9-1-2-10-17/h5-8,12,15,21H,1-4,9-11H2,(H,19,20). The Morgan fingerprint density at radius 1 is 1.29 bits per heavy atom. The molecule has 3 rings (SSSR count). The first kappa shape index (κ1) is 14.5. The molecule has 1 aromatic carbocycles. The highest BCUT2D eigenvalue weighted by molar-refractivity contribution is 5.84. The summed E-state index contributed by atoms with van der Waals surface area (Å²) < 4.78 is 13.0. The molecule has 1 atom stereocenters. The summed E-state index contributed by atoms with van der Waals surface area (Å²) >= 11 is 0. The van der Waals surface area contributed by atoms with E-state index in [-0.39, 0.29) is 17.6 Å². The zero-order valence-electron chi connectivity index (χ0n) is 12.1. The lowest BCUT2D eigenvalue weighted by atomic mass is 9.92. The van der Waals surface area contributed by atoms with Gasteiger partial charge in [-0.05, 0) is 49.3 Å². The van der Waals surface area contributed by atoms with E-state index in [1.54, 1.807) is 12.1 Å². The van der Waals surface area contributed by atoms with Gasteiger partial charge in [-0.3, -0.25) is 4.79 Å². The van der Waals surface area contributed by atoms with Crippen LogP contribution >= 0.6 is 0 Å². The zero-order valence-corrected chi connectivity index (χ0v) is 12.1. The van der Waals surface area contributed by atoms with Crippen LogP contribution in [0.25, 0.3) is 0 Å². The third kappa shape index (κ3) is 3.43. The van der Waals surface area contributed by atoms with E-state index in [1.165, 1.54) is 12.1 Å². The van der Waals surface area contributed by atoms with Crippen LogP contribution in [0.5, 0.6) is 0 Å². The summed E-state index contributed by atoms with van der Waals surface area (Å²) in [4.78, 5) is 12.5. The minimum absolute atomic E-state index is 0.0376. The van der Waals surface area contributed by atoms with E-state index < -0.39 is 5.60 Å². The first-order chi connectivity index (χ1) is 10.1. The van der Waals surface area contributed by atoms with Crippen molar-refractivity contribution in [3.63, 3.8) is 0 Å². The van der Waals surface area contributed by atoms with Crippen LogP contribution in [0.3, 0.4) is 0 Å². The Kier molecular flexibility index (Phi) is 3.98. The van der Waals surface area contributed by atoms with Gasteiger partial charge in [-0.1, -0.05) is 25.0 Å². The lowest BCUT2D eigenvalue weighted by Gasteiger charge is -2.24. The van der Waals surface area contributed by atoms with Gasteiger partial charge in [-0.2, -0.15) is 0 Å². The molecule has 0 heterocycles. The first-order valence-corrected chi connectivity index (χ1v) is 7.83. The van der Waals surface area contributed by atoms with Crippen molar-refractivity contribution in [1.29, 1.82) is 0 Å². The fraction of sp³-hybridized carbons (Fsp3) is 0.588. The SMILES string of the molecule is O=C(NCC1(O)CCCC1)C(c1ccc(F)cc1)C1CC1.